The van der Waals surface area contributed by atoms with Crippen LogP contribution in [0.3, 0.4) is 0 Å². The second kappa shape index (κ2) is 5.56. The zero-order valence-electron chi connectivity index (χ0n) is 11.3. The summed E-state index contributed by atoms with van der Waals surface area (Å²) in [6, 6.07) is 9.72. The maximum atomic E-state index is 12.1. The highest BCUT2D eigenvalue weighted by Crippen LogP contribution is 2.22. The zero-order chi connectivity index (χ0) is 13.9. The Hall–Kier alpha value is -1.98. The highest BCUT2D eigenvalue weighted by Gasteiger charge is 2.21. The van der Waals surface area contributed by atoms with Gasteiger partial charge in [-0.3, -0.25) is 4.79 Å². The number of rotatable bonds is 3. The van der Waals surface area contributed by atoms with Crippen molar-refractivity contribution in [1.82, 2.24) is 9.97 Å². The van der Waals surface area contributed by atoms with Gasteiger partial charge >= 0.3 is 0 Å². The van der Waals surface area contributed by atoms with Crippen LogP contribution >= 0.6 is 0 Å². The lowest BCUT2D eigenvalue weighted by Crippen LogP contribution is -2.27. The molecular weight excluding hydrogens is 256 g/mol. The summed E-state index contributed by atoms with van der Waals surface area (Å²) in [6.07, 6.45) is 0.300. The quantitative estimate of drug-likeness (QED) is 0.921. The molecule has 0 aliphatic carbocycles. The summed E-state index contributed by atoms with van der Waals surface area (Å²) in [7, 11) is 1.61. The first-order chi connectivity index (χ1) is 9.79. The van der Waals surface area contributed by atoms with Gasteiger partial charge in [0.2, 0.25) is 0 Å². The summed E-state index contributed by atoms with van der Waals surface area (Å²) in [6.45, 7) is 0.937. The Bertz CT molecular complexity index is 652. The molecule has 1 N–H and O–H groups in total. The second-order valence-corrected chi connectivity index (χ2v) is 4.71. The number of nitrogens with zero attached hydrogens (tertiary/aromatic N) is 1. The van der Waals surface area contributed by atoms with Gasteiger partial charge in [0.05, 0.1) is 24.5 Å². The fourth-order valence-corrected chi connectivity index (χ4v) is 2.42. The van der Waals surface area contributed by atoms with E-state index in [1.807, 2.05) is 30.3 Å². The van der Waals surface area contributed by atoms with Gasteiger partial charge in [-0.1, -0.05) is 30.3 Å². The molecule has 1 aliphatic rings. The first-order valence-corrected chi connectivity index (χ1v) is 6.57. The van der Waals surface area contributed by atoms with E-state index in [1.165, 1.54) is 0 Å². The fraction of sp³-hybridized carbons (Fsp3) is 0.333. The average molecular weight is 272 g/mol. The number of ether oxygens (including phenoxy) is 2. The normalized spacial score (nSPS) is 15.7. The van der Waals surface area contributed by atoms with Crippen molar-refractivity contribution >= 4 is 0 Å². The molecule has 104 valence electrons. The van der Waals surface area contributed by atoms with Crippen LogP contribution in [0.5, 0.6) is 0 Å². The third-order valence-electron chi connectivity index (χ3n) is 3.44. The third kappa shape index (κ3) is 2.37. The molecule has 0 radical (unpaired) electrons. The predicted octanol–water partition coefficient (Wildman–Crippen LogP) is 1.58. The lowest BCUT2D eigenvalue weighted by Gasteiger charge is -2.19. The molecule has 0 amide bonds. The van der Waals surface area contributed by atoms with Gasteiger partial charge in [-0.25, -0.2) is 4.98 Å². The van der Waals surface area contributed by atoms with Crippen molar-refractivity contribution in [1.29, 1.82) is 0 Å². The van der Waals surface area contributed by atoms with Crippen molar-refractivity contribution in [2.45, 2.75) is 19.1 Å². The lowest BCUT2D eigenvalue weighted by atomic mass is 10.1. The van der Waals surface area contributed by atoms with Crippen LogP contribution in [-0.4, -0.2) is 23.7 Å². The van der Waals surface area contributed by atoms with E-state index >= 15 is 0 Å². The molecule has 1 aromatic carbocycles. The molecule has 20 heavy (non-hydrogen) atoms. The number of H-pyrrole nitrogens is 1. The molecule has 0 fully saturated rings. The molecule has 0 bridgehead atoms. The standard InChI is InChI=1S/C15H16N2O3/c1-19-13(10-5-3-2-4-6-10)14-16-12-7-8-20-9-11(12)15(18)17-14/h2-6,13H,7-9H2,1H3,(H,16,17,18). The largest absolute Gasteiger partial charge is 0.376 e. The summed E-state index contributed by atoms with van der Waals surface area (Å²) in [4.78, 5) is 19.5. The molecule has 1 unspecified atom stereocenters. The van der Waals surface area contributed by atoms with Crippen LogP contribution in [0.25, 0.3) is 0 Å². The number of hydrogen-bond donors (Lipinski definition) is 1. The van der Waals surface area contributed by atoms with Crippen LogP contribution in [0.2, 0.25) is 0 Å². The van der Waals surface area contributed by atoms with Gasteiger partial charge in [0.1, 0.15) is 11.9 Å². The Morgan fingerprint density at radius 2 is 2.15 bits per heavy atom. The fourth-order valence-electron chi connectivity index (χ4n) is 2.42. The molecule has 1 aliphatic heterocycles. The van der Waals surface area contributed by atoms with E-state index in [1.54, 1.807) is 7.11 Å². The van der Waals surface area contributed by atoms with E-state index in [9.17, 15) is 4.79 Å². The van der Waals surface area contributed by atoms with Crippen LogP contribution < -0.4 is 5.56 Å². The molecule has 0 saturated heterocycles. The molecule has 5 nitrogen and oxygen atoms in total. The Labute approximate surface area is 116 Å². The van der Waals surface area contributed by atoms with Crippen molar-refractivity contribution in [3.05, 3.63) is 63.3 Å². The van der Waals surface area contributed by atoms with E-state index in [4.69, 9.17) is 9.47 Å². The minimum atomic E-state index is -0.364. The first-order valence-electron chi connectivity index (χ1n) is 6.57. The number of aromatic amines is 1. The molecule has 2 heterocycles. The maximum absolute atomic E-state index is 12.1. The van der Waals surface area contributed by atoms with Gasteiger partial charge in [-0.15, -0.1) is 0 Å². The van der Waals surface area contributed by atoms with Crippen LogP contribution in [-0.2, 0) is 22.5 Å². The topological polar surface area (TPSA) is 64.2 Å². The number of benzene rings is 1. The minimum Gasteiger partial charge on any atom is -0.376 e. The van der Waals surface area contributed by atoms with Gasteiger partial charge in [-0.2, -0.15) is 0 Å². The summed E-state index contributed by atoms with van der Waals surface area (Å²) in [5, 5.41) is 0. The number of methoxy groups -OCH3 is 1. The SMILES string of the molecule is COC(c1ccccc1)c1nc2c(c(=O)[nH]1)COCC2. The van der Waals surface area contributed by atoms with Crippen LogP contribution in [0.4, 0.5) is 0 Å². The molecular formula is C15H16N2O3. The van der Waals surface area contributed by atoms with Gasteiger partial charge in [0, 0.05) is 13.5 Å². The molecule has 1 aromatic heterocycles. The van der Waals surface area contributed by atoms with Crippen molar-refractivity contribution in [3.8, 4) is 0 Å². The molecule has 3 rings (SSSR count). The third-order valence-corrected chi connectivity index (χ3v) is 3.44. The average Bonchev–Trinajstić information content (AvgIpc) is 2.49. The van der Waals surface area contributed by atoms with E-state index < -0.39 is 0 Å². The second-order valence-electron chi connectivity index (χ2n) is 4.71. The Morgan fingerprint density at radius 1 is 1.35 bits per heavy atom. The lowest BCUT2D eigenvalue weighted by molar-refractivity contribution is 0.105. The Morgan fingerprint density at radius 3 is 2.90 bits per heavy atom. The summed E-state index contributed by atoms with van der Waals surface area (Å²) >= 11 is 0. The summed E-state index contributed by atoms with van der Waals surface area (Å²) < 4.78 is 10.8. The zero-order valence-corrected chi connectivity index (χ0v) is 11.3. The van der Waals surface area contributed by atoms with Crippen molar-refractivity contribution in [2.24, 2.45) is 0 Å². The van der Waals surface area contributed by atoms with Crippen molar-refractivity contribution in [2.75, 3.05) is 13.7 Å². The van der Waals surface area contributed by atoms with Gasteiger partial charge < -0.3 is 14.5 Å². The highest BCUT2D eigenvalue weighted by atomic mass is 16.5. The molecule has 0 spiro atoms. The van der Waals surface area contributed by atoms with Gasteiger partial charge in [0.25, 0.3) is 5.56 Å². The minimum absolute atomic E-state index is 0.136. The highest BCUT2D eigenvalue weighted by molar-refractivity contribution is 5.26. The van der Waals surface area contributed by atoms with E-state index in [0.29, 0.717) is 31.0 Å². The smallest absolute Gasteiger partial charge is 0.256 e. The number of hydrogen-bond acceptors (Lipinski definition) is 4. The Kier molecular flexibility index (Phi) is 3.62. The summed E-state index contributed by atoms with van der Waals surface area (Å²) in [5.41, 5.74) is 2.27. The van der Waals surface area contributed by atoms with Crippen molar-refractivity contribution in [3.63, 3.8) is 0 Å². The number of nitrogens with one attached hydrogen (secondary N) is 1. The van der Waals surface area contributed by atoms with E-state index in [0.717, 1.165) is 11.3 Å². The van der Waals surface area contributed by atoms with Crippen LogP contribution in [0.1, 0.15) is 28.7 Å². The first kappa shape index (κ1) is 13.0. The number of fused-ring (bicyclic) bond motifs is 1. The molecule has 5 heteroatoms. The molecule has 1 atom stereocenters. The summed E-state index contributed by atoms with van der Waals surface area (Å²) in [5.74, 6) is 0.546. The maximum Gasteiger partial charge on any atom is 0.256 e. The number of aromatic nitrogens is 2. The monoisotopic (exact) mass is 272 g/mol. The van der Waals surface area contributed by atoms with Gasteiger partial charge in [-0.05, 0) is 5.56 Å². The Balaban J connectivity index is 2.05. The van der Waals surface area contributed by atoms with E-state index in [2.05, 4.69) is 9.97 Å². The van der Waals surface area contributed by atoms with Gasteiger partial charge in [0.15, 0.2) is 0 Å². The molecule has 2 aromatic rings. The van der Waals surface area contributed by atoms with Crippen molar-refractivity contribution < 1.29 is 9.47 Å². The molecule has 0 saturated carbocycles. The van der Waals surface area contributed by atoms with Crippen LogP contribution in [0.15, 0.2) is 35.1 Å². The van der Waals surface area contributed by atoms with E-state index in [-0.39, 0.29) is 11.7 Å². The predicted molar refractivity (Wildman–Crippen MR) is 73.5 cm³/mol. The van der Waals surface area contributed by atoms with Crippen LogP contribution in [0, 0.1) is 0 Å².